The first-order chi connectivity index (χ1) is 7.63. The highest BCUT2D eigenvalue weighted by Gasteiger charge is 2.19. The fourth-order valence-electron chi connectivity index (χ4n) is 1.27. The first-order valence-corrected chi connectivity index (χ1v) is 4.64. The van der Waals surface area contributed by atoms with Gasteiger partial charge in [-0.2, -0.15) is 0 Å². The minimum absolute atomic E-state index is 0.376. The smallest absolute Gasteiger partial charge is 0.407 e. The van der Waals surface area contributed by atoms with Crippen LogP contribution in [0.3, 0.4) is 0 Å². The summed E-state index contributed by atoms with van der Waals surface area (Å²) in [6.45, 7) is -0.376. The van der Waals surface area contributed by atoms with Gasteiger partial charge >= 0.3 is 6.09 Å². The van der Waals surface area contributed by atoms with E-state index in [4.69, 9.17) is 0 Å². The summed E-state index contributed by atoms with van der Waals surface area (Å²) in [7, 11) is 1.21. The van der Waals surface area contributed by atoms with E-state index in [-0.39, 0.29) is 6.54 Å². The third-order valence-corrected chi connectivity index (χ3v) is 2.01. The molecule has 0 heterocycles. The van der Waals surface area contributed by atoms with Gasteiger partial charge in [-0.3, -0.25) is 10.1 Å². The van der Waals surface area contributed by atoms with Gasteiger partial charge in [0, 0.05) is 4.92 Å². The van der Waals surface area contributed by atoms with Crippen molar-refractivity contribution in [1.82, 2.24) is 5.32 Å². The molecule has 0 aliphatic heterocycles. The highest BCUT2D eigenvalue weighted by Crippen LogP contribution is 2.12. The molecule has 1 unspecified atom stereocenters. The highest BCUT2D eigenvalue weighted by atomic mass is 16.6. The Balaban J connectivity index is 2.79. The van der Waals surface area contributed by atoms with E-state index in [1.807, 2.05) is 0 Å². The number of ether oxygens (including phenoxy) is 1. The van der Waals surface area contributed by atoms with Gasteiger partial charge in [0.15, 0.2) is 0 Å². The predicted octanol–water partition coefficient (Wildman–Crippen LogP) is 1.36. The van der Waals surface area contributed by atoms with E-state index in [1.165, 1.54) is 7.11 Å². The van der Waals surface area contributed by atoms with Gasteiger partial charge in [-0.15, -0.1) is 0 Å². The molecule has 1 amide bonds. The van der Waals surface area contributed by atoms with Crippen molar-refractivity contribution in [2.45, 2.75) is 6.04 Å². The van der Waals surface area contributed by atoms with Crippen molar-refractivity contribution < 1.29 is 14.5 Å². The number of nitrogens with zero attached hydrogens (tertiary/aromatic N) is 1. The summed E-state index contributed by atoms with van der Waals surface area (Å²) in [5.41, 5.74) is 0.671. The van der Waals surface area contributed by atoms with Gasteiger partial charge in [-0.1, -0.05) is 30.3 Å². The maximum absolute atomic E-state index is 11.0. The third-order valence-electron chi connectivity index (χ3n) is 2.01. The van der Waals surface area contributed by atoms with E-state index in [2.05, 4.69) is 10.1 Å². The summed E-state index contributed by atoms with van der Waals surface area (Å²) in [6, 6.07) is 8.05. The van der Waals surface area contributed by atoms with Gasteiger partial charge < -0.3 is 10.1 Å². The lowest BCUT2D eigenvalue weighted by Gasteiger charge is -2.14. The van der Waals surface area contributed by atoms with Crippen LogP contribution in [0.5, 0.6) is 0 Å². The van der Waals surface area contributed by atoms with E-state index < -0.39 is 17.1 Å². The Morgan fingerprint density at radius 2 is 2.12 bits per heavy atom. The molecule has 0 bridgehead atoms. The van der Waals surface area contributed by atoms with Gasteiger partial charge in [0.2, 0.25) is 6.54 Å². The monoisotopic (exact) mass is 224 g/mol. The average molecular weight is 224 g/mol. The molecule has 86 valence electrons. The van der Waals surface area contributed by atoms with Crippen molar-refractivity contribution in [3.05, 3.63) is 46.0 Å². The number of hydrogen-bond donors (Lipinski definition) is 1. The number of carbonyl (C=O) groups is 1. The van der Waals surface area contributed by atoms with Crippen molar-refractivity contribution in [3.8, 4) is 0 Å². The summed E-state index contributed by atoms with van der Waals surface area (Å²) in [5, 5.41) is 12.9. The number of hydrogen-bond acceptors (Lipinski definition) is 4. The molecule has 0 spiro atoms. The lowest BCUT2D eigenvalue weighted by Crippen LogP contribution is -2.32. The van der Waals surface area contributed by atoms with Gasteiger partial charge in [0.25, 0.3) is 0 Å². The van der Waals surface area contributed by atoms with Crippen LogP contribution >= 0.6 is 0 Å². The van der Waals surface area contributed by atoms with E-state index in [9.17, 15) is 14.9 Å². The first-order valence-electron chi connectivity index (χ1n) is 4.64. The lowest BCUT2D eigenvalue weighted by atomic mass is 10.1. The summed E-state index contributed by atoms with van der Waals surface area (Å²) in [6.07, 6.45) is -0.685. The summed E-state index contributed by atoms with van der Waals surface area (Å²) >= 11 is 0. The Hall–Kier alpha value is -2.11. The second kappa shape index (κ2) is 5.69. The zero-order valence-corrected chi connectivity index (χ0v) is 8.75. The SMILES string of the molecule is COC(=O)NC(C[N+](=O)[O-])c1ccccc1. The molecule has 0 saturated carbocycles. The molecule has 6 nitrogen and oxygen atoms in total. The third kappa shape index (κ3) is 3.56. The molecule has 6 heteroatoms. The Kier molecular flexibility index (Phi) is 4.26. The molecule has 16 heavy (non-hydrogen) atoms. The molecule has 0 aliphatic rings. The van der Waals surface area contributed by atoms with Crippen LogP contribution in [0.15, 0.2) is 30.3 Å². The summed E-state index contributed by atoms with van der Waals surface area (Å²) in [5.74, 6) is 0. The molecular formula is C10H12N2O4. The molecular weight excluding hydrogens is 212 g/mol. The van der Waals surface area contributed by atoms with Gasteiger partial charge in [0.1, 0.15) is 6.04 Å². The second-order valence-corrected chi connectivity index (χ2v) is 3.11. The normalized spacial score (nSPS) is 11.6. The van der Waals surface area contributed by atoms with Crippen LogP contribution in [0.25, 0.3) is 0 Å². The van der Waals surface area contributed by atoms with Crippen molar-refractivity contribution in [2.75, 3.05) is 13.7 Å². The Morgan fingerprint density at radius 1 is 1.50 bits per heavy atom. The van der Waals surface area contributed by atoms with Crippen LogP contribution in [0.4, 0.5) is 4.79 Å². The molecule has 1 aromatic carbocycles. The van der Waals surface area contributed by atoms with Crippen molar-refractivity contribution in [2.24, 2.45) is 0 Å². The maximum Gasteiger partial charge on any atom is 0.407 e. The van der Waals surface area contributed by atoms with Crippen molar-refractivity contribution >= 4 is 6.09 Å². The quantitative estimate of drug-likeness (QED) is 0.618. The standard InChI is InChI=1S/C10H12N2O4/c1-16-10(13)11-9(7-12(14)15)8-5-3-2-4-6-8/h2-6,9H,7H2,1H3,(H,11,13). The number of methoxy groups -OCH3 is 1. The Labute approximate surface area is 92.4 Å². The number of carbonyl (C=O) groups excluding carboxylic acids is 1. The zero-order chi connectivity index (χ0) is 12.0. The molecule has 1 aromatic rings. The largest absolute Gasteiger partial charge is 0.453 e. The van der Waals surface area contributed by atoms with Crippen LogP contribution in [0.1, 0.15) is 11.6 Å². The van der Waals surface area contributed by atoms with Crippen molar-refractivity contribution in [3.63, 3.8) is 0 Å². The number of nitrogens with one attached hydrogen (secondary N) is 1. The van der Waals surface area contributed by atoms with Crippen LogP contribution in [0.2, 0.25) is 0 Å². The molecule has 0 fully saturated rings. The highest BCUT2D eigenvalue weighted by molar-refractivity contribution is 5.67. The zero-order valence-electron chi connectivity index (χ0n) is 8.75. The van der Waals surface area contributed by atoms with Gasteiger partial charge in [-0.25, -0.2) is 4.79 Å². The predicted molar refractivity (Wildman–Crippen MR) is 56.6 cm³/mol. The van der Waals surface area contributed by atoms with E-state index in [1.54, 1.807) is 30.3 Å². The molecule has 0 aromatic heterocycles. The van der Waals surface area contributed by atoms with Gasteiger partial charge in [0.05, 0.1) is 7.11 Å². The molecule has 1 atom stereocenters. The molecule has 0 radical (unpaired) electrons. The summed E-state index contributed by atoms with van der Waals surface area (Å²) in [4.78, 5) is 21.0. The fourth-order valence-corrected chi connectivity index (χ4v) is 1.27. The molecule has 1 rings (SSSR count). The Bertz CT molecular complexity index is 366. The van der Waals surface area contributed by atoms with Crippen LogP contribution < -0.4 is 5.32 Å². The molecule has 0 aliphatic carbocycles. The molecule has 0 saturated heterocycles. The number of benzene rings is 1. The second-order valence-electron chi connectivity index (χ2n) is 3.11. The topological polar surface area (TPSA) is 81.5 Å². The maximum atomic E-state index is 11.0. The lowest BCUT2D eigenvalue weighted by molar-refractivity contribution is -0.484. The number of alkyl carbamates (subject to hydrolysis) is 1. The summed E-state index contributed by atoms with van der Waals surface area (Å²) < 4.78 is 4.41. The number of amides is 1. The minimum atomic E-state index is -0.685. The number of rotatable bonds is 4. The van der Waals surface area contributed by atoms with Crippen LogP contribution in [-0.4, -0.2) is 24.7 Å². The minimum Gasteiger partial charge on any atom is -0.453 e. The van der Waals surface area contributed by atoms with Gasteiger partial charge in [-0.05, 0) is 5.56 Å². The van der Waals surface area contributed by atoms with E-state index in [0.29, 0.717) is 5.56 Å². The average Bonchev–Trinajstić information content (AvgIpc) is 2.28. The number of nitro groups is 1. The van der Waals surface area contributed by atoms with E-state index >= 15 is 0 Å². The fraction of sp³-hybridized carbons (Fsp3) is 0.300. The van der Waals surface area contributed by atoms with Crippen molar-refractivity contribution in [1.29, 1.82) is 0 Å². The van der Waals surface area contributed by atoms with E-state index in [0.717, 1.165) is 0 Å². The Morgan fingerprint density at radius 3 is 2.62 bits per heavy atom. The molecule has 1 N–H and O–H groups in total. The van der Waals surface area contributed by atoms with Crippen LogP contribution in [0, 0.1) is 10.1 Å². The van der Waals surface area contributed by atoms with Crippen LogP contribution in [-0.2, 0) is 4.74 Å². The first kappa shape index (κ1) is 12.0.